The largest absolute Gasteiger partial charge is 0.478 e. The summed E-state index contributed by atoms with van der Waals surface area (Å²) in [4.78, 5) is 11.2. The summed E-state index contributed by atoms with van der Waals surface area (Å²) in [6.45, 7) is 2.19. The van der Waals surface area contributed by atoms with Gasteiger partial charge in [0.15, 0.2) is 0 Å². The molecule has 0 aliphatic heterocycles. The quantitative estimate of drug-likeness (QED) is 0.795. The number of benzene rings is 2. The van der Waals surface area contributed by atoms with E-state index in [-0.39, 0.29) is 0 Å². The van der Waals surface area contributed by atoms with E-state index in [1.165, 1.54) is 18.4 Å². The van der Waals surface area contributed by atoms with Gasteiger partial charge in [-0.1, -0.05) is 50.1 Å². The third-order valence-corrected chi connectivity index (χ3v) is 3.29. The zero-order valence-electron chi connectivity index (χ0n) is 10.6. The SMILES string of the molecule is CCCCCc1ccc(C(=O)O)c2ccccc12. The molecule has 0 amide bonds. The van der Waals surface area contributed by atoms with Crippen LogP contribution in [-0.2, 0) is 6.42 Å². The first kappa shape index (κ1) is 12.6. The number of carboxylic acid groups (broad SMARTS) is 1. The molecule has 1 N–H and O–H groups in total. The first-order chi connectivity index (χ1) is 8.74. The van der Waals surface area contributed by atoms with Crippen LogP contribution in [0.15, 0.2) is 36.4 Å². The molecule has 0 saturated heterocycles. The summed E-state index contributed by atoms with van der Waals surface area (Å²) in [5, 5.41) is 11.1. The van der Waals surface area contributed by atoms with Gasteiger partial charge in [-0.2, -0.15) is 0 Å². The zero-order chi connectivity index (χ0) is 13.0. The minimum Gasteiger partial charge on any atom is -0.478 e. The Hall–Kier alpha value is -1.83. The molecule has 0 atom stereocenters. The van der Waals surface area contributed by atoms with Gasteiger partial charge in [-0.15, -0.1) is 0 Å². The van der Waals surface area contributed by atoms with Crippen molar-refractivity contribution in [1.82, 2.24) is 0 Å². The number of carbonyl (C=O) groups is 1. The number of unbranched alkanes of at least 4 members (excludes halogenated alkanes) is 2. The minimum absolute atomic E-state index is 0.393. The smallest absolute Gasteiger partial charge is 0.336 e. The fourth-order valence-corrected chi connectivity index (χ4v) is 2.33. The second-order valence-electron chi connectivity index (χ2n) is 4.58. The van der Waals surface area contributed by atoms with Crippen LogP contribution < -0.4 is 0 Å². The topological polar surface area (TPSA) is 37.3 Å². The Morgan fingerprint density at radius 3 is 2.44 bits per heavy atom. The summed E-state index contributed by atoms with van der Waals surface area (Å²) in [5.41, 5.74) is 1.65. The summed E-state index contributed by atoms with van der Waals surface area (Å²) in [6, 6.07) is 11.5. The van der Waals surface area contributed by atoms with Crippen LogP contribution in [0, 0.1) is 0 Å². The van der Waals surface area contributed by atoms with Gasteiger partial charge >= 0.3 is 5.97 Å². The van der Waals surface area contributed by atoms with E-state index in [0.29, 0.717) is 5.56 Å². The molecule has 0 radical (unpaired) electrons. The van der Waals surface area contributed by atoms with Gasteiger partial charge in [0.1, 0.15) is 0 Å². The van der Waals surface area contributed by atoms with Crippen LogP contribution in [-0.4, -0.2) is 11.1 Å². The van der Waals surface area contributed by atoms with Crippen molar-refractivity contribution in [3.8, 4) is 0 Å². The van der Waals surface area contributed by atoms with E-state index >= 15 is 0 Å². The summed E-state index contributed by atoms with van der Waals surface area (Å²) in [6.07, 6.45) is 4.60. The standard InChI is InChI=1S/C16H18O2/c1-2-3-4-7-12-10-11-15(16(17)18)14-9-6-5-8-13(12)14/h5-6,8-11H,2-4,7H2,1H3,(H,17,18). The fourth-order valence-electron chi connectivity index (χ4n) is 2.33. The predicted octanol–water partition coefficient (Wildman–Crippen LogP) is 4.27. The Kier molecular flexibility index (Phi) is 3.98. The van der Waals surface area contributed by atoms with Gasteiger partial charge < -0.3 is 5.11 Å². The lowest BCUT2D eigenvalue weighted by molar-refractivity contribution is 0.0699. The van der Waals surface area contributed by atoms with Gasteiger partial charge in [0.05, 0.1) is 5.56 Å². The van der Waals surface area contributed by atoms with Crippen molar-refractivity contribution in [3.05, 3.63) is 47.5 Å². The first-order valence-corrected chi connectivity index (χ1v) is 6.48. The molecule has 2 heteroatoms. The molecule has 0 spiro atoms. The van der Waals surface area contributed by atoms with E-state index in [1.54, 1.807) is 6.07 Å². The number of rotatable bonds is 5. The molecule has 2 nitrogen and oxygen atoms in total. The molecule has 2 rings (SSSR count). The maximum atomic E-state index is 11.2. The van der Waals surface area contributed by atoms with Gasteiger partial charge in [-0.3, -0.25) is 0 Å². The van der Waals surface area contributed by atoms with Crippen LogP contribution in [0.5, 0.6) is 0 Å². The molecule has 2 aromatic carbocycles. The van der Waals surface area contributed by atoms with E-state index in [2.05, 4.69) is 6.92 Å². The third kappa shape index (κ3) is 2.53. The maximum Gasteiger partial charge on any atom is 0.336 e. The van der Waals surface area contributed by atoms with Gasteiger partial charge in [-0.25, -0.2) is 4.79 Å². The van der Waals surface area contributed by atoms with Crippen molar-refractivity contribution in [2.75, 3.05) is 0 Å². The average Bonchev–Trinajstić information content (AvgIpc) is 2.38. The third-order valence-electron chi connectivity index (χ3n) is 3.29. The van der Waals surface area contributed by atoms with E-state index < -0.39 is 5.97 Å². The van der Waals surface area contributed by atoms with Crippen molar-refractivity contribution >= 4 is 16.7 Å². The first-order valence-electron chi connectivity index (χ1n) is 6.48. The molecule has 0 fully saturated rings. The molecule has 94 valence electrons. The van der Waals surface area contributed by atoms with Crippen LogP contribution in [0.3, 0.4) is 0 Å². The summed E-state index contributed by atoms with van der Waals surface area (Å²) in [5.74, 6) is -0.855. The van der Waals surface area contributed by atoms with Crippen LogP contribution in [0.25, 0.3) is 10.8 Å². The molecule has 0 unspecified atom stereocenters. The molecule has 0 aromatic heterocycles. The highest BCUT2D eigenvalue weighted by Gasteiger charge is 2.10. The van der Waals surface area contributed by atoms with Crippen molar-refractivity contribution in [2.45, 2.75) is 32.6 Å². The van der Waals surface area contributed by atoms with E-state index in [1.807, 2.05) is 30.3 Å². The van der Waals surface area contributed by atoms with E-state index in [4.69, 9.17) is 0 Å². The lowest BCUT2D eigenvalue weighted by Gasteiger charge is -2.08. The monoisotopic (exact) mass is 242 g/mol. The molecule has 0 aliphatic rings. The highest BCUT2D eigenvalue weighted by molar-refractivity contribution is 6.04. The summed E-state index contributed by atoms with van der Waals surface area (Å²) >= 11 is 0. The number of carboxylic acids is 1. The molecule has 0 heterocycles. The highest BCUT2D eigenvalue weighted by atomic mass is 16.4. The molecule has 2 aromatic rings. The fraction of sp³-hybridized carbons (Fsp3) is 0.312. The number of aryl methyl sites for hydroxylation is 1. The Balaban J connectivity index is 2.44. The molecular formula is C16H18O2. The van der Waals surface area contributed by atoms with E-state index in [9.17, 15) is 9.90 Å². The second kappa shape index (κ2) is 5.67. The second-order valence-corrected chi connectivity index (χ2v) is 4.58. The van der Waals surface area contributed by atoms with Crippen molar-refractivity contribution in [2.24, 2.45) is 0 Å². The Morgan fingerprint density at radius 1 is 1.06 bits per heavy atom. The van der Waals surface area contributed by atoms with Crippen LogP contribution in [0.1, 0.15) is 42.1 Å². The van der Waals surface area contributed by atoms with Crippen molar-refractivity contribution < 1.29 is 9.90 Å². The normalized spacial score (nSPS) is 10.7. The molecule has 0 aliphatic carbocycles. The minimum atomic E-state index is -0.855. The molecule has 18 heavy (non-hydrogen) atoms. The number of fused-ring (bicyclic) bond motifs is 1. The average molecular weight is 242 g/mol. The number of hydrogen-bond donors (Lipinski definition) is 1. The van der Waals surface area contributed by atoms with Gasteiger partial charge in [0, 0.05) is 0 Å². The highest BCUT2D eigenvalue weighted by Crippen LogP contribution is 2.24. The molecular weight excluding hydrogens is 224 g/mol. The number of hydrogen-bond acceptors (Lipinski definition) is 1. The lowest BCUT2D eigenvalue weighted by Crippen LogP contribution is -1.99. The Labute approximate surface area is 107 Å². The van der Waals surface area contributed by atoms with E-state index in [0.717, 1.165) is 23.6 Å². The lowest BCUT2D eigenvalue weighted by atomic mass is 9.96. The Bertz CT molecular complexity index is 558. The van der Waals surface area contributed by atoms with Crippen LogP contribution >= 0.6 is 0 Å². The molecule has 0 saturated carbocycles. The van der Waals surface area contributed by atoms with Gasteiger partial charge in [-0.05, 0) is 35.2 Å². The maximum absolute atomic E-state index is 11.2. The summed E-state index contributed by atoms with van der Waals surface area (Å²) in [7, 11) is 0. The van der Waals surface area contributed by atoms with Crippen LogP contribution in [0.2, 0.25) is 0 Å². The number of aromatic carboxylic acids is 1. The molecule has 0 bridgehead atoms. The zero-order valence-corrected chi connectivity index (χ0v) is 10.6. The van der Waals surface area contributed by atoms with Crippen molar-refractivity contribution in [3.63, 3.8) is 0 Å². The Morgan fingerprint density at radius 2 is 1.78 bits per heavy atom. The van der Waals surface area contributed by atoms with Crippen molar-refractivity contribution in [1.29, 1.82) is 0 Å². The predicted molar refractivity (Wildman–Crippen MR) is 74.1 cm³/mol. The summed E-state index contributed by atoms with van der Waals surface area (Å²) < 4.78 is 0. The van der Waals surface area contributed by atoms with Crippen LogP contribution in [0.4, 0.5) is 0 Å². The van der Waals surface area contributed by atoms with Gasteiger partial charge in [0.25, 0.3) is 0 Å². The van der Waals surface area contributed by atoms with Gasteiger partial charge in [0.2, 0.25) is 0 Å².